The molecular formula is C65H47N. The molecule has 0 amide bonds. The largest absolute Gasteiger partial charge is 0.310 e. The topological polar surface area (TPSA) is 3.24 Å². The second-order valence-corrected chi connectivity index (χ2v) is 18.0. The van der Waals surface area contributed by atoms with Crippen molar-refractivity contribution in [2.75, 3.05) is 4.90 Å². The van der Waals surface area contributed by atoms with E-state index in [9.17, 15) is 0 Å². The molecule has 0 unspecified atom stereocenters. The predicted octanol–water partition coefficient (Wildman–Crippen LogP) is 18.1. The fraction of sp³-hybridized carbons (Fsp3) is 0.0462. The molecule has 1 aliphatic carbocycles. The Balaban J connectivity index is 1.08. The van der Waals surface area contributed by atoms with Crippen LogP contribution in [0.1, 0.15) is 25.0 Å². The molecule has 0 saturated heterocycles. The number of hydrogen-bond donors (Lipinski definition) is 0. The van der Waals surface area contributed by atoms with Crippen LogP contribution in [0, 0.1) is 0 Å². The van der Waals surface area contributed by atoms with E-state index >= 15 is 0 Å². The molecule has 11 aromatic rings. The van der Waals surface area contributed by atoms with E-state index < -0.39 is 0 Å². The summed E-state index contributed by atoms with van der Waals surface area (Å²) in [5.74, 6) is 0. The van der Waals surface area contributed by atoms with Gasteiger partial charge in [0, 0.05) is 22.4 Å². The maximum Gasteiger partial charge on any atom is 0.0546 e. The summed E-state index contributed by atoms with van der Waals surface area (Å²) in [6, 6.07) is 91.5. The van der Waals surface area contributed by atoms with Crippen molar-refractivity contribution in [1.29, 1.82) is 0 Å². The lowest BCUT2D eigenvalue weighted by Gasteiger charge is -2.30. The lowest BCUT2D eigenvalue weighted by molar-refractivity contribution is 0.660. The van der Waals surface area contributed by atoms with Gasteiger partial charge in [-0.15, -0.1) is 0 Å². The number of anilines is 3. The van der Waals surface area contributed by atoms with Gasteiger partial charge in [0.1, 0.15) is 0 Å². The standard InChI is InChI=1S/C65H47N/c1-65(2)61-33-16-15-30-57(61)60-42-48(37-40-62(60)65)47-24-17-25-51(41-47)66(50-38-35-46(36-39-50)59-43-49-23-9-10-27-53(49)55-28-12-13-29-56(55)59)63-34-18-32-54(45-21-7-4-8-22-45)64(63)58-31-14-11-26-52(58)44-19-5-3-6-20-44/h3-43H,1-2H3. The maximum atomic E-state index is 2.47. The SMILES string of the molecule is CC1(C)c2ccccc2-c2cc(-c3cccc(N(c4ccc(-c5cc6ccccc6c6ccccc56)cc4)c4cccc(-c5ccccc5)c4-c4ccccc4-c4ccccc4)c3)ccc21. The second kappa shape index (κ2) is 16.1. The highest BCUT2D eigenvalue weighted by atomic mass is 15.1. The van der Waals surface area contributed by atoms with Crippen LogP contribution in [-0.2, 0) is 5.41 Å². The van der Waals surface area contributed by atoms with Crippen molar-refractivity contribution >= 4 is 38.6 Å². The van der Waals surface area contributed by atoms with Crippen molar-refractivity contribution in [2.24, 2.45) is 0 Å². The van der Waals surface area contributed by atoms with Crippen molar-refractivity contribution in [2.45, 2.75) is 19.3 Å². The first kappa shape index (κ1) is 39.3. The van der Waals surface area contributed by atoms with Crippen molar-refractivity contribution in [3.63, 3.8) is 0 Å². The van der Waals surface area contributed by atoms with Crippen molar-refractivity contribution < 1.29 is 0 Å². The van der Waals surface area contributed by atoms with Crippen LogP contribution in [0.2, 0.25) is 0 Å². The van der Waals surface area contributed by atoms with E-state index in [1.807, 2.05) is 0 Å². The van der Waals surface area contributed by atoms with E-state index in [0.29, 0.717) is 0 Å². The highest BCUT2D eigenvalue weighted by molar-refractivity contribution is 6.14. The molecule has 0 atom stereocenters. The van der Waals surface area contributed by atoms with E-state index in [2.05, 4.69) is 267 Å². The Morgan fingerprint density at radius 1 is 0.288 bits per heavy atom. The van der Waals surface area contributed by atoms with Gasteiger partial charge in [0.2, 0.25) is 0 Å². The monoisotopic (exact) mass is 841 g/mol. The number of rotatable bonds is 8. The Morgan fingerprint density at radius 2 is 0.818 bits per heavy atom. The molecule has 0 aliphatic heterocycles. The zero-order valence-corrected chi connectivity index (χ0v) is 37.1. The summed E-state index contributed by atoms with van der Waals surface area (Å²) in [6.07, 6.45) is 0. The summed E-state index contributed by atoms with van der Waals surface area (Å²) >= 11 is 0. The highest BCUT2D eigenvalue weighted by Crippen LogP contribution is 2.51. The van der Waals surface area contributed by atoms with Gasteiger partial charge >= 0.3 is 0 Å². The quantitative estimate of drug-likeness (QED) is 0.138. The molecule has 0 bridgehead atoms. The molecule has 1 aliphatic rings. The minimum Gasteiger partial charge on any atom is -0.310 e. The summed E-state index contributed by atoms with van der Waals surface area (Å²) in [5, 5.41) is 5.04. The lowest BCUT2D eigenvalue weighted by atomic mass is 9.82. The fourth-order valence-corrected chi connectivity index (χ4v) is 10.7. The second-order valence-electron chi connectivity index (χ2n) is 18.0. The van der Waals surface area contributed by atoms with Crippen LogP contribution < -0.4 is 4.90 Å². The van der Waals surface area contributed by atoms with Gasteiger partial charge in [-0.05, 0) is 136 Å². The van der Waals surface area contributed by atoms with Gasteiger partial charge in [0.25, 0.3) is 0 Å². The van der Waals surface area contributed by atoms with Crippen LogP contribution in [0.4, 0.5) is 17.1 Å². The van der Waals surface area contributed by atoms with Crippen LogP contribution in [-0.4, -0.2) is 0 Å². The average molecular weight is 842 g/mol. The number of nitrogens with zero attached hydrogens (tertiary/aromatic N) is 1. The molecule has 0 spiro atoms. The summed E-state index contributed by atoms with van der Waals surface area (Å²) in [5.41, 5.74) is 20.5. The van der Waals surface area contributed by atoms with Crippen LogP contribution in [0.15, 0.2) is 249 Å². The Hall–Kier alpha value is -8.26. The molecule has 0 N–H and O–H groups in total. The third-order valence-electron chi connectivity index (χ3n) is 13.9. The van der Waals surface area contributed by atoms with Crippen molar-refractivity contribution in [3.8, 4) is 66.8 Å². The van der Waals surface area contributed by atoms with E-state index in [-0.39, 0.29) is 5.41 Å². The summed E-state index contributed by atoms with van der Waals surface area (Å²) in [4.78, 5) is 2.47. The highest BCUT2D eigenvalue weighted by Gasteiger charge is 2.35. The molecule has 0 saturated carbocycles. The Labute approximate surface area is 387 Å². The number of hydrogen-bond acceptors (Lipinski definition) is 1. The number of fused-ring (bicyclic) bond motifs is 6. The number of benzene rings is 11. The molecule has 66 heavy (non-hydrogen) atoms. The van der Waals surface area contributed by atoms with E-state index in [1.165, 1.54) is 99.4 Å². The van der Waals surface area contributed by atoms with Gasteiger partial charge in [-0.25, -0.2) is 0 Å². The third kappa shape index (κ3) is 6.63. The van der Waals surface area contributed by atoms with Crippen LogP contribution in [0.3, 0.4) is 0 Å². The average Bonchev–Trinajstić information content (AvgIpc) is 3.62. The molecule has 0 radical (unpaired) electrons. The van der Waals surface area contributed by atoms with Gasteiger partial charge in [-0.2, -0.15) is 0 Å². The van der Waals surface area contributed by atoms with Gasteiger partial charge in [0.15, 0.2) is 0 Å². The van der Waals surface area contributed by atoms with E-state index in [4.69, 9.17) is 0 Å². The minimum atomic E-state index is -0.0510. The normalized spacial score (nSPS) is 12.5. The third-order valence-corrected chi connectivity index (χ3v) is 13.9. The molecule has 11 aromatic carbocycles. The summed E-state index contributed by atoms with van der Waals surface area (Å²) in [7, 11) is 0. The maximum absolute atomic E-state index is 2.47. The smallest absolute Gasteiger partial charge is 0.0546 e. The predicted molar refractivity (Wildman–Crippen MR) is 281 cm³/mol. The van der Waals surface area contributed by atoms with Crippen molar-refractivity contribution in [3.05, 3.63) is 260 Å². The minimum absolute atomic E-state index is 0.0510. The molecule has 0 heterocycles. The molecule has 0 aromatic heterocycles. The zero-order valence-electron chi connectivity index (χ0n) is 37.1. The zero-order chi connectivity index (χ0) is 44.2. The van der Waals surface area contributed by atoms with Gasteiger partial charge in [-0.1, -0.05) is 220 Å². The molecule has 312 valence electrons. The first-order chi connectivity index (χ1) is 32.5. The van der Waals surface area contributed by atoms with Crippen LogP contribution in [0.5, 0.6) is 0 Å². The van der Waals surface area contributed by atoms with E-state index in [1.54, 1.807) is 0 Å². The van der Waals surface area contributed by atoms with Crippen LogP contribution >= 0.6 is 0 Å². The molecule has 12 rings (SSSR count). The molecular weight excluding hydrogens is 795 g/mol. The first-order valence-electron chi connectivity index (χ1n) is 23.0. The van der Waals surface area contributed by atoms with E-state index in [0.717, 1.165) is 17.1 Å². The molecule has 1 nitrogen and oxygen atoms in total. The Morgan fingerprint density at radius 3 is 1.59 bits per heavy atom. The van der Waals surface area contributed by atoms with Gasteiger partial charge in [0.05, 0.1) is 5.69 Å². The van der Waals surface area contributed by atoms with Crippen molar-refractivity contribution in [1.82, 2.24) is 0 Å². The summed E-state index contributed by atoms with van der Waals surface area (Å²) in [6.45, 7) is 4.70. The van der Waals surface area contributed by atoms with Crippen LogP contribution in [0.25, 0.3) is 88.3 Å². The first-order valence-corrected chi connectivity index (χ1v) is 23.0. The Kier molecular flexibility index (Phi) is 9.58. The molecule has 1 heteroatoms. The Bertz CT molecular complexity index is 3600. The van der Waals surface area contributed by atoms with Gasteiger partial charge in [-0.3, -0.25) is 0 Å². The molecule has 0 fully saturated rings. The fourth-order valence-electron chi connectivity index (χ4n) is 10.7. The van der Waals surface area contributed by atoms with Gasteiger partial charge < -0.3 is 4.90 Å². The summed E-state index contributed by atoms with van der Waals surface area (Å²) < 4.78 is 0. The lowest BCUT2D eigenvalue weighted by Crippen LogP contribution is -2.14.